The van der Waals surface area contributed by atoms with Crippen LogP contribution in [0.1, 0.15) is 52.7 Å². The molecule has 2 amide bonds. The topological polar surface area (TPSA) is 53.5 Å². The van der Waals surface area contributed by atoms with Crippen molar-refractivity contribution in [1.29, 1.82) is 0 Å². The maximum atomic E-state index is 13.0. The molecule has 1 aromatic carbocycles. The lowest BCUT2D eigenvalue weighted by atomic mass is 9.72. The molecule has 2 aromatic rings. The smallest absolute Gasteiger partial charge is 0.253 e. The molecule has 0 atom stereocenters. The van der Waals surface area contributed by atoms with Gasteiger partial charge in [0, 0.05) is 50.6 Å². The third-order valence-corrected chi connectivity index (χ3v) is 6.42. The summed E-state index contributed by atoms with van der Waals surface area (Å²) in [5.41, 5.74) is 4.24. The van der Waals surface area contributed by atoms with Crippen molar-refractivity contribution in [2.24, 2.45) is 5.41 Å². The van der Waals surface area contributed by atoms with E-state index in [2.05, 4.69) is 11.1 Å². The highest BCUT2D eigenvalue weighted by Gasteiger charge is 2.41. The predicted molar refractivity (Wildman–Crippen MR) is 112 cm³/mol. The fraction of sp³-hybridized carbons (Fsp3) is 0.458. The average Bonchev–Trinajstić information content (AvgIpc) is 2.71. The maximum absolute atomic E-state index is 13.0. The van der Waals surface area contributed by atoms with E-state index in [1.165, 1.54) is 0 Å². The molecule has 4 rings (SSSR count). The monoisotopic (exact) mass is 391 g/mol. The second-order valence-corrected chi connectivity index (χ2v) is 8.78. The van der Waals surface area contributed by atoms with Gasteiger partial charge in [-0.1, -0.05) is 23.3 Å². The van der Waals surface area contributed by atoms with Crippen LogP contribution >= 0.6 is 0 Å². The molecular formula is C24H29N3O2. The van der Waals surface area contributed by atoms with Gasteiger partial charge in [0.25, 0.3) is 5.91 Å². The van der Waals surface area contributed by atoms with E-state index in [0.29, 0.717) is 13.0 Å². The lowest BCUT2D eigenvalue weighted by Gasteiger charge is -2.47. The molecule has 152 valence electrons. The molecule has 0 N–H and O–H groups in total. The lowest BCUT2D eigenvalue weighted by Crippen LogP contribution is -2.52. The zero-order valence-corrected chi connectivity index (χ0v) is 17.4. The molecule has 3 heterocycles. The second kappa shape index (κ2) is 7.97. The van der Waals surface area contributed by atoms with Crippen LogP contribution in [0.15, 0.2) is 42.7 Å². The van der Waals surface area contributed by atoms with Crippen LogP contribution in [0, 0.1) is 19.3 Å². The molecule has 0 aliphatic carbocycles. The molecule has 0 unspecified atom stereocenters. The van der Waals surface area contributed by atoms with E-state index < -0.39 is 0 Å². The Morgan fingerprint density at radius 1 is 1.10 bits per heavy atom. The first-order valence-electron chi connectivity index (χ1n) is 10.5. The molecule has 2 aliphatic rings. The van der Waals surface area contributed by atoms with Gasteiger partial charge in [0.2, 0.25) is 5.91 Å². The number of hydrogen-bond donors (Lipinski definition) is 0. The molecule has 1 aromatic heterocycles. The number of likely N-dealkylation sites (tertiary alicyclic amines) is 2. The van der Waals surface area contributed by atoms with Crippen LogP contribution in [0.5, 0.6) is 0 Å². The molecular weight excluding hydrogens is 362 g/mol. The Morgan fingerprint density at radius 2 is 1.83 bits per heavy atom. The van der Waals surface area contributed by atoms with Crippen LogP contribution in [0.25, 0.3) is 0 Å². The van der Waals surface area contributed by atoms with E-state index in [0.717, 1.165) is 61.2 Å². The zero-order chi connectivity index (χ0) is 20.4. The molecule has 1 spiro atoms. The molecule has 5 nitrogen and oxygen atoms in total. The number of carbonyl (C=O) groups excluding carboxylic acids is 2. The first kappa shape index (κ1) is 19.6. The highest BCUT2D eigenvalue weighted by molar-refractivity contribution is 5.94. The van der Waals surface area contributed by atoms with Gasteiger partial charge < -0.3 is 9.80 Å². The Morgan fingerprint density at radius 3 is 2.48 bits per heavy atom. The first-order chi connectivity index (χ1) is 13.9. The summed E-state index contributed by atoms with van der Waals surface area (Å²) in [6.45, 7) is 7.00. The standard InChI is InChI=1S/C24H29N3O2/c1-18-12-19(2)14-21(13-18)23(29)26-10-7-24(8-11-26)6-5-22(28)27(17-24)16-20-4-3-9-25-15-20/h3-4,9,12-15H,5-8,10-11,16-17H2,1-2H3. The van der Waals surface area contributed by atoms with Gasteiger partial charge in [-0.25, -0.2) is 0 Å². The van der Waals surface area contributed by atoms with Crippen molar-refractivity contribution in [3.8, 4) is 0 Å². The number of pyridine rings is 1. The van der Waals surface area contributed by atoms with Gasteiger partial charge in [-0.05, 0) is 62.3 Å². The van der Waals surface area contributed by atoms with Gasteiger partial charge in [0.1, 0.15) is 0 Å². The van der Waals surface area contributed by atoms with Gasteiger partial charge in [-0.2, -0.15) is 0 Å². The maximum Gasteiger partial charge on any atom is 0.253 e. The van der Waals surface area contributed by atoms with Crippen LogP contribution in [-0.4, -0.2) is 46.2 Å². The highest BCUT2D eigenvalue weighted by Crippen LogP contribution is 2.40. The van der Waals surface area contributed by atoms with E-state index in [4.69, 9.17) is 0 Å². The van der Waals surface area contributed by atoms with Gasteiger partial charge >= 0.3 is 0 Å². The number of amides is 2. The summed E-state index contributed by atoms with van der Waals surface area (Å²) in [7, 11) is 0. The Balaban J connectivity index is 1.41. The van der Waals surface area contributed by atoms with Gasteiger partial charge in [0.05, 0.1) is 0 Å². The van der Waals surface area contributed by atoms with E-state index >= 15 is 0 Å². The summed E-state index contributed by atoms with van der Waals surface area (Å²) in [4.78, 5) is 33.6. The minimum Gasteiger partial charge on any atom is -0.339 e. The van der Waals surface area contributed by atoms with Crippen molar-refractivity contribution >= 4 is 11.8 Å². The van der Waals surface area contributed by atoms with E-state index in [1.54, 1.807) is 6.20 Å². The Bertz CT molecular complexity index is 881. The van der Waals surface area contributed by atoms with Crippen LogP contribution in [0.2, 0.25) is 0 Å². The Kier molecular flexibility index (Phi) is 5.39. The van der Waals surface area contributed by atoms with Crippen LogP contribution in [0.3, 0.4) is 0 Å². The van der Waals surface area contributed by atoms with Crippen molar-refractivity contribution in [2.45, 2.75) is 46.1 Å². The first-order valence-corrected chi connectivity index (χ1v) is 10.5. The van der Waals surface area contributed by atoms with Crippen molar-refractivity contribution < 1.29 is 9.59 Å². The third kappa shape index (κ3) is 4.34. The van der Waals surface area contributed by atoms with Crippen molar-refractivity contribution in [3.05, 3.63) is 65.0 Å². The Hall–Kier alpha value is -2.69. The van der Waals surface area contributed by atoms with Gasteiger partial charge in [-0.3, -0.25) is 14.6 Å². The number of nitrogens with zero attached hydrogens (tertiary/aromatic N) is 3. The van der Waals surface area contributed by atoms with E-state index in [1.807, 2.05) is 54.1 Å². The normalized spacial score (nSPS) is 18.9. The predicted octanol–water partition coefficient (Wildman–Crippen LogP) is 3.74. The third-order valence-electron chi connectivity index (χ3n) is 6.42. The fourth-order valence-corrected chi connectivity index (χ4v) is 4.83. The molecule has 2 fully saturated rings. The molecule has 0 bridgehead atoms. The van der Waals surface area contributed by atoms with Crippen molar-refractivity contribution in [1.82, 2.24) is 14.8 Å². The molecule has 0 radical (unpaired) electrons. The molecule has 5 heteroatoms. The van der Waals surface area contributed by atoms with Crippen molar-refractivity contribution in [2.75, 3.05) is 19.6 Å². The number of aromatic nitrogens is 1. The zero-order valence-electron chi connectivity index (χ0n) is 17.4. The minimum absolute atomic E-state index is 0.130. The Labute approximate surface area is 172 Å². The van der Waals surface area contributed by atoms with Crippen molar-refractivity contribution in [3.63, 3.8) is 0 Å². The number of carbonyl (C=O) groups is 2. The highest BCUT2D eigenvalue weighted by atomic mass is 16.2. The van der Waals surface area contributed by atoms with Crippen LogP contribution in [0.4, 0.5) is 0 Å². The molecule has 0 saturated carbocycles. The molecule has 2 saturated heterocycles. The summed E-state index contributed by atoms with van der Waals surface area (Å²) in [5.74, 6) is 0.360. The number of benzene rings is 1. The van der Waals surface area contributed by atoms with Gasteiger partial charge in [0.15, 0.2) is 0 Å². The van der Waals surface area contributed by atoms with Crippen LogP contribution < -0.4 is 0 Å². The average molecular weight is 392 g/mol. The lowest BCUT2D eigenvalue weighted by molar-refractivity contribution is -0.139. The summed E-state index contributed by atoms with van der Waals surface area (Å²) in [6.07, 6.45) is 7.04. The number of hydrogen-bond acceptors (Lipinski definition) is 3. The quantitative estimate of drug-likeness (QED) is 0.801. The fourth-order valence-electron chi connectivity index (χ4n) is 4.83. The second-order valence-electron chi connectivity index (χ2n) is 8.78. The van der Waals surface area contributed by atoms with E-state index in [9.17, 15) is 9.59 Å². The minimum atomic E-state index is 0.130. The summed E-state index contributed by atoms with van der Waals surface area (Å²) in [5, 5.41) is 0. The largest absolute Gasteiger partial charge is 0.339 e. The summed E-state index contributed by atoms with van der Waals surface area (Å²) in [6, 6.07) is 9.99. The van der Waals surface area contributed by atoms with E-state index in [-0.39, 0.29) is 17.2 Å². The summed E-state index contributed by atoms with van der Waals surface area (Å²) >= 11 is 0. The SMILES string of the molecule is Cc1cc(C)cc(C(=O)N2CCC3(CCC(=O)N(Cc4cccnc4)C3)CC2)c1. The number of piperidine rings is 2. The van der Waals surface area contributed by atoms with Crippen LogP contribution in [-0.2, 0) is 11.3 Å². The molecule has 29 heavy (non-hydrogen) atoms. The van der Waals surface area contributed by atoms with Gasteiger partial charge in [-0.15, -0.1) is 0 Å². The number of rotatable bonds is 3. The molecule has 2 aliphatic heterocycles. The number of aryl methyl sites for hydroxylation is 2. The summed E-state index contributed by atoms with van der Waals surface area (Å²) < 4.78 is 0.